The molecule has 2 aromatic rings. The molecule has 0 aliphatic carbocycles. The molecule has 6 heteroatoms. The number of hydrogen-bond donors (Lipinski definition) is 1. The van der Waals surface area contributed by atoms with E-state index in [9.17, 15) is 14.7 Å². The third kappa shape index (κ3) is 3.56. The summed E-state index contributed by atoms with van der Waals surface area (Å²) < 4.78 is 4.62. The first-order chi connectivity index (χ1) is 10.1. The number of carbonyl (C=O) groups excluding carboxylic acids is 2. The highest BCUT2D eigenvalue weighted by Crippen LogP contribution is 2.18. The van der Waals surface area contributed by atoms with Gasteiger partial charge in [0.1, 0.15) is 18.1 Å². The van der Waals surface area contributed by atoms with Crippen LogP contribution in [0.2, 0.25) is 0 Å². The molecular weight excluding hydrogens is 272 g/mol. The van der Waals surface area contributed by atoms with Crippen molar-refractivity contribution in [3.05, 3.63) is 53.9 Å². The fourth-order valence-corrected chi connectivity index (χ4v) is 1.76. The molecule has 0 saturated heterocycles. The molecule has 1 N–H and O–H groups in total. The van der Waals surface area contributed by atoms with E-state index in [1.54, 1.807) is 37.4 Å². The third-order valence-electron chi connectivity index (χ3n) is 2.87. The molecule has 0 aliphatic heterocycles. The Morgan fingerprint density at radius 3 is 2.67 bits per heavy atom. The van der Waals surface area contributed by atoms with Crippen LogP contribution in [-0.2, 0) is 16.1 Å². The number of aromatic hydroxyl groups is 1. The maximum atomic E-state index is 12.3. The Kier molecular flexibility index (Phi) is 4.50. The zero-order chi connectivity index (χ0) is 15.2. The van der Waals surface area contributed by atoms with Crippen LogP contribution in [-0.4, -0.2) is 29.5 Å². The third-order valence-corrected chi connectivity index (χ3v) is 2.87. The van der Waals surface area contributed by atoms with Crippen molar-refractivity contribution < 1.29 is 19.4 Å². The number of rotatable bonds is 5. The van der Waals surface area contributed by atoms with Crippen molar-refractivity contribution in [2.45, 2.75) is 6.61 Å². The molecule has 1 heterocycles. The molecule has 0 atom stereocenters. The van der Waals surface area contributed by atoms with E-state index < -0.39 is 0 Å². The molecule has 1 aromatic heterocycles. The number of nitrogens with zero attached hydrogens (tertiary/aromatic N) is 2. The number of hydrogen-bond acceptors (Lipinski definition) is 5. The van der Waals surface area contributed by atoms with Crippen LogP contribution in [0.4, 0.5) is 5.69 Å². The Morgan fingerprint density at radius 2 is 2.00 bits per heavy atom. The Hall–Kier alpha value is -2.89. The van der Waals surface area contributed by atoms with Gasteiger partial charge in [-0.3, -0.25) is 9.59 Å². The quantitative estimate of drug-likeness (QED) is 0.847. The molecule has 108 valence electrons. The number of phenolic OH excluding ortho intramolecular Hbond substituents is 1. The van der Waals surface area contributed by atoms with E-state index in [4.69, 9.17) is 0 Å². The summed E-state index contributed by atoms with van der Waals surface area (Å²) in [7, 11) is 1.62. The molecule has 0 aliphatic rings. The normalized spacial score (nSPS) is 9.95. The number of pyridine rings is 1. The first-order valence-corrected chi connectivity index (χ1v) is 6.20. The summed E-state index contributed by atoms with van der Waals surface area (Å²) in [6.07, 6.45) is 0. The predicted octanol–water partition coefficient (Wildman–Crippen LogP) is 1.74. The smallest absolute Gasteiger partial charge is 0.293 e. The topological polar surface area (TPSA) is 79.7 Å². The van der Waals surface area contributed by atoms with Crippen molar-refractivity contribution >= 4 is 18.1 Å². The van der Waals surface area contributed by atoms with Crippen molar-refractivity contribution in [2.75, 3.05) is 11.9 Å². The molecule has 0 spiro atoms. The van der Waals surface area contributed by atoms with Gasteiger partial charge in [-0.15, -0.1) is 0 Å². The summed E-state index contributed by atoms with van der Waals surface area (Å²) in [5.41, 5.74) is 1.37. The lowest BCUT2D eigenvalue weighted by atomic mass is 10.2. The second-order valence-electron chi connectivity index (χ2n) is 4.30. The lowest BCUT2D eigenvalue weighted by Gasteiger charge is -2.17. The van der Waals surface area contributed by atoms with Gasteiger partial charge in [0.2, 0.25) is 0 Å². The van der Waals surface area contributed by atoms with Crippen molar-refractivity contribution in [3.8, 4) is 5.75 Å². The van der Waals surface area contributed by atoms with Crippen molar-refractivity contribution in [2.24, 2.45) is 0 Å². The van der Waals surface area contributed by atoms with E-state index in [0.717, 1.165) is 0 Å². The van der Waals surface area contributed by atoms with E-state index in [1.165, 1.54) is 17.0 Å². The molecule has 6 nitrogen and oxygen atoms in total. The zero-order valence-corrected chi connectivity index (χ0v) is 11.4. The van der Waals surface area contributed by atoms with E-state index in [0.29, 0.717) is 17.9 Å². The number of benzene rings is 1. The number of aromatic nitrogens is 1. The molecule has 1 aromatic carbocycles. The van der Waals surface area contributed by atoms with Crippen LogP contribution in [0, 0.1) is 0 Å². The van der Waals surface area contributed by atoms with Crippen LogP contribution < -0.4 is 4.90 Å². The van der Waals surface area contributed by atoms with E-state index in [-0.39, 0.29) is 24.0 Å². The van der Waals surface area contributed by atoms with Crippen molar-refractivity contribution in [1.29, 1.82) is 0 Å². The summed E-state index contributed by atoms with van der Waals surface area (Å²) in [4.78, 5) is 28.1. The number of amides is 1. The molecule has 1 amide bonds. The number of anilines is 1. The van der Waals surface area contributed by atoms with Gasteiger partial charge in [-0.25, -0.2) is 4.98 Å². The van der Waals surface area contributed by atoms with Gasteiger partial charge in [0.25, 0.3) is 12.4 Å². The minimum absolute atomic E-state index is 0.0214. The van der Waals surface area contributed by atoms with Gasteiger partial charge in [-0.05, 0) is 36.4 Å². The highest BCUT2D eigenvalue weighted by molar-refractivity contribution is 6.04. The molecule has 0 saturated carbocycles. The number of phenols is 1. The highest BCUT2D eigenvalue weighted by Gasteiger charge is 2.15. The summed E-state index contributed by atoms with van der Waals surface area (Å²) >= 11 is 0. The SMILES string of the molecule is CN(C(=O)c1cccc(COC=O)n1)c1ccc(O)cc1. The first-order valence-electron chi connectivity index (χ1n) is 6.20. The van der Waals surface area contributed by atoms with E-state index in [1.807, 2.05) is 0 Å². The fourth-order valence-electron chi connectivity index (χ4n) is 1.76. The molecule has 0 radical (unpaired) electrons. The van der Waals surface area contributed by atoms with Crippen LogP contribution in [0.15, 0.2) is 42.5 Å². The highest BCUT2D eigenvalue weighted by atomic mass is 16.5. The predicted molar refractivity (Wildman–Crippen MR) is 75.9 cm³/mol. The number of carbonyl (C=O) groups is 2. The van der Waals surface area contributed by atoms with Crippen molar-refractivity contribution in [1.82, 2.24) is 4.98 Å². The molecule has 0 unspecified atom stereocenters. The second kappa shape index (κ2) is 6.51. The molecule has 0 bridgehead atoms. The average molecular weight is 286 g/mol. The number of ether oxygens (including phenoxy) is 1. The van der Waals surface area contributed by atoms with Gasteiger partial charge in [-0.1, -0.05) is 6.07 Å². The maximum Gasteiger partial charge on any atom is 0.293 e. The van der Waals surface area contributed by atoms with Crippen LogP contribution >= 0.6 is 0 Å². The summed E-state index contributed by atoms with van der Waals surface area (Å²) in [6.45, 7) is 0.353. The second-order valence-corrected chi connectivity index (χ2v) is 4.30. The van der Waals surface area contributed by atoms with Gasteiger partial charge < -0.3 is 14.7 Å². The molecule has 21 heavy (non-hydrogen) atoms. The molecule has 2 rings (SSSR count). The Morgan fingerprint density at radius 1 is 1.29 bits per heavy atom. The lowest BCUT2D eigenvalue weighted by molar-refractivity contribution is -0.129. The van der Waals surface area contributed by atoms with Gasteiger partial charge in [0.15, 0.2) is 0 Å². The summed E-state index contributed by atoms with van der Waals surface area (Å²) in [5.74, 6) is -0.167. The standard InChI is InChI=1S/C15H14N2O4/c1-17(12-5-7-13(19)8-6-12)15(20)14-4-2-3-11(16-14)9-21-10-18/h2-8,10,19H,9H2,1H3. The van der Waals surface area contributed by atoms with Crippen LogP contribution in [0.25, 0.3) is 0 Å². The monoisotopic (exact) mass is 286 g/mol. The zero-order valence-electron chi connectivity index (χ0n) is 11.4. The van der Waals surface area contributed by atoms with Crippen LogP contribution in [0.3, 0.4) is 0 Å². The fraction of sp³-hybridized carbons (Fsp3) is 0.133. The van der Waals surface area contributed by atoms with Gasteiger partial charge in [-0.2, -0.15) is 0 Å². The van der Waals surface area contributed by atoms with E-state index >= 15 is 0 Å². The lowest BCUT2D eigenvalue weighted by Crippen LogP contribution is -2.27. The minimum atomic E-state index is -0.298. The summed E-state index contributed by atoms with van der Waals surface area (Å²) in [6, 6.07) is 11.2. The molecular formula is C15H14N2O4. The minimum Gasteiger partial charge on any atom is -0.508 e. The average Bonchev–Trinajstić information content (AvgIpc) is 2.52. The van der Waals surface area contributed by atoms with Crippen LogP contribution in [0.1, 0.15) is 16.2 Å². The van der Waals surface area contributed by atoms with E-state index in [2.05, 4.69) is 9.72 Å². The van der Waals surface area contributed by atoms with Gasteiger partial charge >= 0.3 is 0 Å². The largest absolute Gasteiger partial charge is 0.508 e. The maximum absolute atomic E-state index is 12.3. The molecule has 0 fully saturated rings. The van der Waals surface area contributed by atoms with Gasteiger partial charge in [0.05, 0.1) is 5.69 Å². The Labute approximate surface area is 121 Å². The first kappa shape index (κ1) is 14.5. The van der Waals surface area contributed by atoms with Crippen molar-refractivity contribution in [3.63, 3.8) is 0 Å². The Balaban J connectivity index is 2.18. The summed E-state index contributed by atoms with van der Waals surface area (Å²) in [5, 5.41) is 9.25. The Bertz CT molecular complexity index is 640. The van der Waals surface area contributed by atoms with Gasteiger partial charge in [0, 0.05) is 12.7 Å². The van der Waals surface area contributed by atoms with Crippen LogP contribution in [0.5, 0.6) is 5.75 Å².